The summed E-state index contributed by atoms with van der Waals surface area (Å²) in [5, 5.41) is 0.448. The van der Waals surface area contributed by atoms with E-state index in [0.717, 1.165) is 0 Å². The quantitative estimate of drug-likeness (QED) is 0.514. The Balaban J connectivity index is 1.66. The normalized spacial score (nSPS) is 12.4. The molecule has 6 nitrogen and oxygen atoms in total. The molecular weight excluding hydrogens is 370 g/mol. The number of ether oxygens (including phenoxy) is 2. The predicted octanol–water partition coefficient (Wildman–Crippen LogP) is 3.84. The molecule has 0 amide bonds. The number of benzene rings is 2. The molecule has 0 saturated carbocycles. The highest BCUT2D eigenvalue weighted by Gasteiger charge is 2.14. The fourth-order valence-corrected chi connectivity index (χ4v) is 2.49. The van der Waals surface area contributed by atoms with Crippen LogP contribution in [0.5, 0.6) is 5.75 Å². The number of halogens is 2. The van der Waals surface area contributed by atoms with E-state index in [1.165, 1.54) is 36.4 Å². The van der Waals surface area contributed by atoms with Gasteiger partial charge in [-0.05, 0) is 42.8 Å². The Labute approximate surface area is 158 Å². The third-order valence-corrected chi connectivity index (χ3v) is 3.83. The number of nitrogens with one attached hydrogen (secondary N) is 1. The maximum Gasteiger partial charge on any atom is 0.387 e. The van der Waals surface area contributed by atoms with Gasteiger partial charge in [-0.1, -0.05) is 24.3 Å². The van der Waals surface area contributed by atoms with Crippen LogP contribution in [0.3, 0.4) is 0 Å². The number of aromatic amines is 1. The zero-order chi connectivity index (χ0) is 20.1. The SMILES string of the molecule is C[C@H](OC(=O)/C=C/c1ccc(OC(F)F)cc1)c1nc2ccccc2c(=O)[nH]1. The third-order valence-electron chi connectivity index (χ3n) is 3.83. The van der Waals surface area contributed by atoms with Crippen LogP contribution in [0.15, 0.2) is 59.4 Å². The van der Waals surface area contributed by atoms with Gasteiger partial charge in [-0.25, -0.2) is 9.78 Å². The van der Waals surface area contributed by atoms with Crippen LogP contribution in [0, 0.1) is 0 Å². The lowest BCUT2D eigenvalue weighted by Crippen LogP contribution is -2.16. The molecule has 144 valence electrons. The number of fused-ring (bicyclic) bond motifs is 1. The second-order valence-corrected chi connectivity index (χ2v) is 5.83. The monoisotopic (exact) mass is 386 g/mol. The standard InChI is InChI=1S/C20H16F2N2O4/c1-12(18-23-16-5-3-2-4-15(16)19(26)24-18)27-17(25)11-8-13-6-9-14(10-7-13)28-20(21)22/h2-12,20H,1H3,(H,23,24,26)/b11-8+/t12-/m0/s1. The summed E-state index contributed by atoms with van der Waals surface area (Å²) in [5.41, 5.74) is 0.791. The molecule has 8 heteroatoms. The molecule has 0 spiro atoms. The fraction of sp³-hybridized carbons (Fsp3) is 0.150. The van der Waals surface area contributed by atoms with Gasteiger partial charge in [0.05, 0.1) is 10.9 Å². The van der Waals surface area contributed by atoms with E-state index in [9.17, 15) is 18.4 Å². The maximum atomic E-state index is 12.1. The van der Waals surface area contributed by atoms with Crippen LogP contribution >= 0.6 is 0 Å². The molecule has 0 saturated heterocycles. The van der Waals surface area contributed by atoms with Gasteiger partial charge in [0.1, 0.15) is 5.75 Å². The molecule has 1 heterocycles. The van der Waals surface area contributed by atoms with Gasteiger partial charge in [-0.2, -0.15) is 8.78 Å². The molecule has 0 aliphatic heterocycles. The second-order valence-electron chi connectivity index (χ2n) is 5.83. The summed E-state index contributed by atoms with van der Waals surface area (Å²) in [6, 6.07) is 12.6. The molecule has 1 atom stereocenters. The molecular formula is C20H16F2N2O4. The van der Waals surface area contributed by atoms with Gasteiger partial charge in [0, 0.05) is 6.08 Å². The minimum Gasteiger partial charge on any atom is -0.451 e. The number of esters is 1. The van der Waals surface area contributed by atoms with Crippen LogP contribution < -0.4 is 10.3 Å². The molecule has 0 aliphatic carbocycles. The minimum absolute atomic E-state index is 0.0229. The first kappa shape index (κ1) is 19.2. The van der Waals surface area contributed by atoms with Crippen LogP contribution in [-0.2, 0) is 9.53 Å². The van der Waals surface area contributed by atoms with Crippen molar-refractivity contribution in [1.29, 1.82) is 0 Å². The zero-order valence-corrected chi connectivity index (χ0v) is 14.8. The average molecular weight is 386 g/mol. The van der Waals surface area contributed by atoms with Crippen molar-refractivity contribution < 1.29 is 23.0 Å². The minimum atomic E-state index is -2.90. The molecule has 1 N–H and O–H groups in total. The fourth-order valence-electron chi connectivity index (χ4n) is 2.49. The molecule has 0 bridgehead atoms. The van der Waals surface area contributed by atoms with Gasteiger partial charge < -0.3 is 14.5 Å². The molecule has 28 heavy (non-hydrogen) atoms. The number of hydrogen-bond acceptors (Lipinski definition) is 5. The molecule has 0 unspecified atom stereocenters. The Hall–Kier alpha value is -3.55. The lowest BCUT2D eigenvalue weighted by atomic mass is 10.2. The number of alkyl halides is 2. The largest absolute Gasteiger partial charge is 0.451 e. The van der Waals surface area contributed by atoms with E-state index in [1.807, 2.05) is 0 Å². The number of H-pyrrole nitrogens is 1. The van der Waals surface area contributed by atoms with E-state index in [1.54, 1.807) is 31.2 Å². The topological polar surface area (TPSA) is 81.3 Å². The van der Waals surface area contributed by atoms with Crippen molar-refractivity contribution in [3.8, 4) is 5.75 Å². The van der Waals surface area contributed by atoms with Crippen LogP contribution in [0.25, 0.3) is 17.0 Å². The number of hydrogen-bond donors (Lipinski definition) is 1. The lowest BCUT2D eigenvalue weighted by molar-refractivity contribution is -0.142. The predicted molar refractivity (Wildman–Crippen MR) is 99.0 cm³/mol. The highest BCUT2D eigenvalue weighted by Crippen LogP contribution is 2.17. The summed E-state index contributed by atoms with van der Waals surface area (Å²) in [7, 11) is 0. The molecule has 0 aliphatic rings. The Kier molecular flexibility index (Phi) is 5.78. The van der Waals surface area contributed by atoms with Crippen molar-refractivity contribution >= 4 is 22.9 Å². The number of aromatic nitrogens is 2. The van der Waals surface area contributed by atoms with Crippen LogP contribution in [0.2, 0.25) is 0 Å². The van der Waals surface area contributed by atoms with E-state index in [2.05, 4.69) is 14.7 Å². The Morgan fingerprint density at radius 2 is 1.86 bits per heavy atom. The Bertz CT molecular complexity index is 1060. The van der Waals surface area contributed by atoms with Crippen molar-refractivity contribution in [2.45, 2.75) is 19.6 Å². The van der Waals surface area contributed by atoms with Crippen LogP contribution in [0.1, 0.15) is 24.4 Å². The first-order valence-corrected chi connectivity index (χ1v) is 8.35. The summed E-state index contributed by atoms with van der Waals surface area (Å²) in [6.45, 7) is -1.30. The van der Waals surface area contributed by atoms with E-state index in [4.69, 9.17) is 4.74 Å². The van der Waals surface area contributed by atoms with Gasteiger partial charge in [0.2, 0.25) is 0 Å². The van der Waals surface area contributed by atoms with Crippen LogP contribution in [-0.4, -0.2) is 22.5 Å². The Morgan fingerprint density at radius 3 is 2.57 bits per heavy atom. The van der Waals surface area contributed by atoms with Gasteiger partial charge in [-0.15, -0.1) is 0 Å². The van der Waals surface area contributed by atoms with Gasteiger partial charge in [0.25, 0.3) is 5.56 Å². The number of rotatable bonds is 6. The Morgan fingerprint density at radius 1 is 1.14 bits per heavy atom. The molecule has 3 rings (SSSR count). The highest BCUT2D eigenvalue weighted by atomic mass is 19.3. The number of para-hydroxylation sites is 1. The van der Waals surface area contributed by atoms with E-state index in [0.29, 0.717) is 16.5 Å². The smallest absolute Gasteiger partial charge is 0.387 e. The van der Waals surface area contributed by atoms with Gasteiger partial charge >= 0.3 is 12.6 Å². The summed E-state index contributed by atoms with van der Waals surface area (Å²) < 4.78 is 33.8. The molecule has 0 radical (unpaired) electrons. The van der Waals surface area contributed by atoms with Crippen molar-refractivity contribution in [3.05, 3.63) is 76.3 Å². The summed E-state index contributed by atoms with van der Waals surface area (Å²) in [6.07, 6.45) is 1.90. The molecule has 0 fully saturated rings. The average Bonchev–Trinajstić information content (AvgIpc) is 2.67. The van der Waals surface area contributed by atoms with Gasteiger partial charge in [0.15, 0.2) is 11.9 Å². The van der Waals surface area contributed by atoms with E-state index < -0.39 is 18.7 Å². The number of nitrogens with zero attached hydrogens (tertiary/aromatic N) is 1. The maximum absolute atomic E-state index is 12.1. The second kappa shape index (κ2) is 8.43. The highest BCUT2D eigenvalue weighted by molar-refractivity contribution is 5.87. The lowest BCUT2D eigenvalue weighted by Gasteiger charge is -2.11. The first-order chi connectivity index (χ1) is 13.4. The third kappa shape index (κ3) is 4.79. The number of carbonyl (C=O) groups is 1. The molecule has 1 aromatic heterocycles. The molecule has 3 aromatic rings. The van der Waals surface area contributed by atoms with Crippen LogP contribution in [0.4, 0.5) is 8.78 Å². The summed E-state index contributed by atoms with van der Waals surface area (Å²) in [5.74, 6) is -0.384. The zero-order valence-electron chi connectivity index (χ0n) is 14.8. The molecule has 2 aromatic carbocycles. The van der Waals surface area contributed by atoms with Crippen molar-refractivity contribution in [1.82, 2.24) is 9.97 Å². The first-order valence-electron chi connectivity index (χ1n) is 8.35. The van der Waals surface area contributed by atoms with E-state index in [-0.39, 0.29) is 17.1 Å². The number of carbonyl (C=O) groups excluding carboxylic acids is 1. The van der Waals surface area contributed by atoms with Crippen molar-refractivity contribution in [2.24, 2.45) is 0 Å². The van der Waals surface area contributed by atoms with Gasteiger partial charge in [-0.3, -0.25) is 4.79 Å². The van der Waals surface area contributed by atoms with E-state index >= 15 is 0 Å². The van der Waals surface area contributed by atoms with Crippen molar-refractivity contribution in [2.75, 3.05) is 0 Å². The summed E-state index contributed by atoms with van der Waals surface area (Å²) >= 11 is 0. The van der Waals surface area contributed by atoms with Crippen molar-refractivity contribution in [3.63, 3.8) is 0 Å². The summed E-state index contributed by atoms with van der Waals surface area (Å²) in [4.78, 5) is 31.0.